The van der Waals surface area contributed by atoms with Gasteiger partial charge in [0.15, 0.2) is 5.58 Å². The van der Waals surface area contributed by atoms with Crippen molar-refractivity contribution >= 4 is 108 Å². The van der Waals surface area contributed by atoms with Gasteiger partial charge < -0.3 is 8.83 Å². The first kappa shape index (κ1) is 26.5. The molecule has 0 N–H and O–H groups in total. The fourth-order valence-corrected chi connectivity index (χ4v) is 9.34. The molecule has 12 rings (SSSR count). The third-order valence-corrected chi connectivity index (χ3v) is 11.4. The zero-order valence-electron chi connectivity index (χ0n) is 26.3. The lowest BCUT2D eigenvalue weighted by molar-refractivity contribution is 0.666. The number of fused-ring (bicyclic) bond motifs is 16. The van der Waals surface area contributed by atoms with Crippen LogP contribution in [0, 0.1) is 0 Å². The molecular formula is C44H23N3O2S. The van der Waals surface area contributed by atoms with Crippen molar-refractivity contribution in [3.8, 4) is 17.2 Å². The Morgan fingerprint density at radius 3 is 1.98 bits per heavy atom. The quantitative estimate of drug-likeness (QED) is 0.186. The SMILES string of the molecule is c1ccc2c(c1)oc1ccc(-c3nc(-n4c5ccccc5c5c6ccccc6c6c7ccccc7sc6c54)nc4c3oc3ccccc34)cc12. The fraction of sp³-hybridized carbons (Fsp3) is 0. The number of para-hydroxylation sites is 3. The lowest BCUT2D eigenvalue weighted by Gasteiger charge is -2.11. The first-order chi connectivity index (χ1) is 24.8. The molecule has 232 valence electrons. The molecule has 0 saturated heterocycles. The summed E-state index contributed by atoms with van der Waals surface area (Å²) in [7, 11) is 0. The molecule has 0 atom stereocenters. The van der Waals surface area contributed by atoms with Crippen molar-refractivity contribution < 1.29 is 8.83 Å². The highest BCUT2D eigenvalue weighted by Gasteiger charge is 2.25. The molecule has 0 saturated carbocycles. The van der Waals surface area contributed by atoms with Gasteiger partial charge in [-0.25, -0.2) is 9.97 Å². The Morgan fingerprint density at radius 2 is 1.14 bits per heavy atom. The first-order valence-electron chi connectivity index (χ1n) is 16.7. The minimum absolute atomic E-state index is 0.608. The largest absolute Gasteiger partial charge is 0.456 e. The monoisotopic (exact) mass is 657 g/mol. The van der Waals surface area contributed by atoms with Crippen molar-refractivity contribution in [1.82, 2.24) is 14.5 Å². The van der Waals surface area contributed by atoms with Crippen molar-refractivity contribution in [3.05, 3.63) is 140 Å². The molecule has 0 unspecified atom stereocenters. The van der Waals surface area contributed by atoms with Gasteiger partial charge >= 0.3 is 0 Å². The predicted molar refractivity (Wildman–Crippen MR) is 207 cm³/mol. The van der Waals surface area contributed by atoms with Gasteiger partial charge in [-0.3, -0.25) is 4.57 Å². The van der Waals surface area contributed by atoms with E-state index >= 15 is 0 Å². The number of hydrogen-bond acceptors (Lipinski definition) is 5. The fourth-order valence-electron chi connectivity index (χ4n) is 8.08. The topological polar surface area (TPSA) is 57.0 Å². The van der Waals surface area contributed by atoms with Crippen LogP contribution in [0.15, 0.2) is 148 Å². The summed E-state index contributed by atoms with van der Waals surface area (Å²) in [6, 6.07) is 48.7. The van der Waals surface area contributed by atoms with E-state index in [4.69, 9.17) is 18.8 Å². The highest BCUT2D eigenvalue weighted by Crippen LogP contribution is 2.48. The van der Waals surface area contributed by atoms with Crippen molar-refractivity contribution in [2.45, 2.75) is 0 Å². The molecule has 7 aromatic carbocycles. The van der Waals surface area contributed by atoms with E-state index in [-0.39, 0.29) is 0 Å². The zero-order valence-corrected chi connectivity index (χ0v) is 27.2. The number of nitrogens with zero attached hydrogens (tertiary/aromatic N) is 3. The van der Waals surface area contributed by atoms with Crippen LogP contribution in [0.3, 0.4) is 0 Å². The Kier molecular flexibility index (Phi) is 5.06. The zero-order chi connectivity index (χ0) is 32.5. The van der Waals surface area contributed by atoms with Gasteiger partial charge in [-0.2, -0.15) is 0 Å². The Morgan fingerprint density at radius 1 is 0.500 bits per heavy atom. The van der Waals surface area contributed by atoms with Gasteiger partial charge in [0, 0.05) is 48.0 Å². The van der Waals surface area contributed by atoms with Crippen LogP contribution >= 0.6 is 11.3 Å². The Balaban J connectivity index is 1.27. The molecule has 0 aliphatic heterocycles. The highest BCUT2D eigenvalue weighted by atomic mass is 32.1. The number of hydrogen-bond donors (Lipinski definition) is 0. The molecule has 0 amide bonds. The van der Waals surface area contributed by atoms with Gasteiger partial charge in [0.1, 0.15) is 28.0 Å². The molecule has 0 aliphatic carbocycles. The van der Waals surface area contributed by atoms with Gasteiger partial charge in [0.25, 0.3) is 0 Å². The van der Waals surface area contributed by atoms with Gasteiger partial charge in [-0.1, -0.05) is 91.0 Å². The van der Waals surface area contributed by atoms with Gasteiger partial charge in [0.05, 0.1) is 15.7 Å². The van der Waals surface area contributed by atoms with Crippen LogP contribution in [0.5, 0.6) is 0 Å². The van der Waals surface area contributed by atoms with Crippen LogP contribution in [-0.4, -0.2) is 14.5 Å². The van der Waals surface area contributed by atoms with Gasteiger partial charge in [-0.15, -0.1) is 11.3 Å². The van der Waals surface area contributed by atoms with Crippen LogP contribution in [0.4, 0.5) is 0 Å². The molecule has 5 aromatic heterocycles. The van der Waals surface area contributed by atoms with Crippen molar-refractivity contribution in [3.63, 3.8) is 0 Å². The Labute approximate surface area is 287 Å². The molecule has 0 radical (unpaired) electrons. The van der Waals surface area contributed by atoms with Crippen LogP contribution in [0.25, 0.3) is 114 Å². The first-order valence-corrected chi connectivity index (χ1v) is 17.5. The van der Waals surface area contributed by atoms with Crippen LogP contribution in [0.2, 0.25) is 0 Å². The van der Waals surface area contributed by atoms with E-state index in [0.717, 1.165) is 60.7 Å². The summed E-state index contributed by atoms with van der Waals surface area (Å²) in [6.07, 6.45) is 0. The second-order valence-corrected chi connectivity index (χ2v) is 13.9. The van der Waals surface area contributed by atoms with E-state index in [2.05, 4.69) is 102 Å². The lowest BCUT2D eigenvalue weighted by atomic mass is 9.99. The maximum Gasteiger partial charge on any atom is 0.236 e. The summed E-state index contributed by atoms with van der Waals surface area (Å²) in [5, 5.41) is 10.5. The maximum absolute atomic E-state index is 6.58. The van der Waals surface area contributed by atoms with Gasteiger partial charge in [0.2, 0.25) is 5.95 Å². The average Bonchev–Trinajstić information content (AvgIpc) is 3.93. The Hall–Kier alpha value is -6.50. The average molecular weight is 658 g/mol. The molecule has 12 aromatic rings. The molecule has 5 heterocycles. The van der Waals surface area contributed by atoms with E-state index in [1.165, 1.54) is 41.7 Å². The minimum atomic E-state index is 0.608. The van der Waals surface area contributed by atoms with Gasteiger partial charge in [-0.05, 0) is 59.3 Å². The van der Waals surface area contributed by atoms with Crippen LogP contribution < -0.4 is 0 Å². The summed E-state index contributed by atoms with van der Waals surface area (Å²) in [6.45, 7) is 0. The summed E-state index contributed by atoms with van der Waals surface area (Å²) in [4.78, 5) is 10.8. The molecule has 0 aliphatic rings. The summed E-state index contributed by atoms with van der Waals surface area (Å²) < 4.78 is 17.5. The number of thiophene rings is 1. The van der Waals surface area contributed by atoms with Crippen molar-refractivity contribution in [1.29, 1.82) is 0 Å². The second kappa shape index (κ2) is 9.56. The lowest BCUT2D eigenvalue weighted by Crippen LogP contribution is -2.03. The summed E-state index contributed by atoms with van der Waals surface area (Å²) in [5.74, 6) is 0.608. The predicted octanol–water partition coefficient (Wildman–Crippen LogP) is 12.6. The standard InChI is InChI=1S/C44H23N3O2S/c1-2-13-27-26(12-1)37-28-14-3-7-17-32(28)47(41(37)43-38(27)30-16-6-10-20-36(30)50-43)44-45-39(42-40(46-44)29-15-5-9-19-34(29)49-42)24-21-22-35-31(23-24)25-11-4-8-18-33(25)48-35/h1-23H. The molecule has 0 spiro atoms. The van der Waals surface area contributed by atoms with E-state index < -0.39 is 0 Å². The third-order valence-electron chi connectivity index (χ3n) is 10.2. The second-order valence-electron chi connectivity index (χ2n) is 12.9. The molecule has 50 heavy (non-hydrogen) atoms. The van der Waals surface area contributed by atoms with Crippen molar-refractivity contribution in [2.75, 3.05) is 0 Å². The summed E-state index contributed by atoms with van der Waals surface area (Å²) in [5.41, 5.74) is 7.81. The number of furan rings is 2. The molecule has 5 nitrogen and oxygen atoms in total. The Bertz CT molecular complexity index is 3400. The van der Waals surface area contributed by atoms with Crippen molar-refractivity contribution in [2.24, 2.45) is 0 Å². The van der Waals surface area contributed by atoms with E-state index in [1.54, 1.807) is 0 Å². The van der Waals surface area contributed by atoms with E-state index in [1.807, 2.05) is 53.8 Å². The number of aromatic nitrogens is 3. The third kappa shape index (κ3) is 3.40. The molecular weight excluding hydrogens is 635 g/mol. The number of benzene rings is 7. The van der Waals surface area contributed by atoms with E-state index in [0.29, 0.717) is 11.5 Å². The maximum atomic E-state index is 6.58. The normalized spacial score (nSPS) is 12.4. The molecule has 6 heteroatoms. The molecule has 0 fully saturated rings. The summed E-state index contributed by atoms with van der Waals surface area (Å²) >= 11 is 1.84. The van der Waals surface area contributed by atoms with Crippen LogP contribution in [0.1, 0.15) is 0 Å². The minimum Gasteiger partial charge on any atom is -0.456 e. The highest BCUT2D eigenvalue weighted by molar-refractivity contribution is 7.27. The molecule has 0 bridgehead atoms. The van der Waals surface area contributed by atoms with Crippen LogP contribution in [-0.2, 0) is 0 Å². The smallest absolute Gasteiger partial charge is 0.236 e. The number of rotatable bonds is 2. The van der Waals surface area contributed by atoms with E-state index in [9.17, 15) is 0 Å².